The molecule has 398 valence electrons. The zero-order chi connectivity index (χ0) is 55.4. The van der Waals surface area contributed by atoms with Gasteiger partial charge in [-0.3, -0.25) is 0 Å². The van der Waals surface area contributed by atoms with Gasteiger partial charge in [-0.25, -0.2) is 19.9 Å². The Kier molecular flexibility index (Phi) is 29.5. The molecule has 25 heteroatoms. The first kappa shape index (κ1) is 69.2. The zero-order valence-corrected chi connectivity index (χ0v) is 51.9. The van der Waals surface area contributed by atoms with E-state index in [1.807, 2.05) is 104 Å². The summed E-state index contributed by atoms with van der Waals surface area (Å²) in [5.74, 6) is 2.59. The van der Waals surface area contributed by atoms with Crippen molar-refractivity contribution in [3.05, 3.63) is 118 Å². The fraction of sp³-hybridized carbons (Fsp3) is 0.469. The maximum Gasteiger partial charge on any atom is 1.00 e. The number of halogens is 3. The Labute approximate surface area is 483 Å². The summed E-state index contributed by atoms with van der Waals surface area (Å²) in [6.07, 6.45) is 6.39. The molecule has 0 atom stereocenters. The topological polar surface area (TPSA) is 207 Å². The van der Waals surface area contributed by atoms with Gasteiger partial charge in [0.25, 0.3) is 0 Å². The monoisotopic (exact) mass is 1180 g/mol. The van der Waals surface area contributed by atoms with E-state index >= 15 is 0 Å². The number of aromatic nitrogens is 4. The minimum absolute atomic E-state index is 0. The minimum Gasteiger partial charge on any atom is -0.857 e. The molecule has 0 saturated carbocycles. The molecule has 2 N–H and O–H groups in total. The predicted molar refractivity (Wildman–Crippen MR) is 294 cm³/mol. The van der Waals surface area contributed by atoms with Crippen LogP contribution in [0.25, 0.3) is 0 Å². The van der Waals surface area contributed by atoms with Crippen molar-refractivity contribution in [3.63, 3.8) is 0 Å². The van der Waals surface area contributed by atoms with Gasteiger partial charge < -0.3 is 62.0 Å². The van der Waals surface area contributed by atoms with Gasteiger partial charge in [0.2, 0.25) is 17.6 Å². The minimum atomic E-state index is -1.46. The molecule has 7 heterocycles. The molecule has 3 fully saturated rings. The van der Waals surface area contributed by atoms with Crippen LogP contribution in [0.3, 0.4) is 0 Å². The van der Waals surface area contributed by atoms with Crippen LogP contribution in [0.4, 0.5) is 0 Å². The zero-order valence-electron chi connectivity index (χ0n) is 45.9. The van der Waals surface area contributed by atoms with Crippen molar-refractivity contribution >= 4 is 82.6 Å². The van der Waals surface area contributed by atoms with Gasteiger partial charge in [0, 0.05) is 51.3 Å². The van der Waals surface area contributed by atoms with Crippen LogP contribution in [0.5, 0.6) is 23.4 Å². The van der Waals surface area contributed by atoms with Gasteiger partial charge in [-0.2, -0.15) is 7.11 Å². The first-order valence-electron chi connectivity index (χ1n) is 22.9. The van der Waals surface area contributed by atoms with Crippen molar-refractivity contribution in [1.82, 2.24) is 19.9 Å². The summed E-state index contributed by atoms with van der Waals surface area (Å²) < 4.78 is 57.2. The van der Waals surface area contributed by atoms with Gasteiger partial charge in [-0.1, -0.05) is 35.9 Å². The number of rotatable bonds is 7. The molecule has 0 unspecified atom stereocenters. The van der Waals surface area contributed by atoms with Crippen LogP contribution in [0.15, 0.2) is 113 Å². The third-order valence-electron chi connectivity index (χ3n) is 12.1. The Morgan fingerprint density at radius 2 is 0.892 bits per heavy atom. The molecular weight excluding hydrogens is 1110 g/mol. The summed E-state index contributed by atoms with van der Waals surface area (Å²) in [6, 6.07) is 23.7. The molecule has 0 amide bonds. The molecule has 0 radical (unpaired) electrons. The van der Waals surface area contributed by atoms with Crippen molar-refractivity contribution in [2.75, 3.05) is 35.5 Å². The van der Waals surface area contributed by atoms with Crippen molar-refractivity contribution in [3.8, 4) is 23.4 Å². The maximum absolute atomic E-state index is 8.66. The van der Waals surface area contributed by atoms with Crippen LogP contribution in [0.2, 0.25) is 5.15 Å². The van der Waals surface area contributed by atoms with Crippen molar-refractivity contribution in [2.45, 2.75) is 117 Å². The molecule has 0 aliphatic carbocycles. The number of methoxy groups -OCH3 is 4. The maximum atomic E-state index is 8.66. The largest absolute Gasteiger partial charge is 1.00 e. The average Bonchev–Trinajstić information content (AvgIpc) is 3.83. The average molecular weight is 1180 g/mol. The fourth-order valence-electron chi connectivity index (χ4n) is 5.71. The summed E-state index contributed by atoms with van der Waals surface area (Å²) in [6.45, 7) is 24.4. The molecule has 74 heavy (non-hydrogen) atoms. The summed E-state index contributed by atoms with van der Waals surface area (Å²) >= 11 is 12.0. The number of ether oxygens (including phenoxy) is 4. The van der Waals surface area contributed by atoms with E-state index in [-0.39, 0.29) is 70.3 Å². The summed E-state index contributed by atoms with van der Waals surface area (Å²) in [5, 5.41) is 26.1. The number of hydrogen-bond acceptors (Lipinski definition) is 17. The molecule has 5 aromatic rings. The van der Waals surface area contributed by atoms with E-state index in [4.69, 9.17) is 73.6 Å². The van der Waals surface area contributed by atoms with Crippen molar-refractivity contribution in [1.29, 1.82) is 0 Å². The van der Waals surface area contributed by atoms with Crippen molar-refractivity contribution in [2.24, 2.45) is 0 Å². The van der Waals surface area contributed by atoms with E-state index in [0.717, 1.165) is 27.3 Å². The number of hydrogen-bond donors (Lipinski definition) is 2. The molecule has 3 aliphatic rings. The molecule has 17 nitrogen and oxygen atoms in total. The first-order valence-corrected chi connectivity index (χ1v) is 24.8. The van der Waals surface area contributed by atoms with Crippen LogP contribution < -0.4 is 64.5 Å². The van der Waals surface area contributed by atoms with Gasteiger partial charge in [0.05, 0.1) is 62.0 Å². The molecule has 0 bridgehead atoms. The molecule has 0 spiro atoms. The molecule has 1 aromatic carbocycles. The Hall–Kier alpha value is -2.83. The second-order valence-electron chi connectivity index (χ2n) is 18.8. The first-order chi connectivity index (χ1) is 34.0. The Bertz CT molecular complexity index is 2240. The van der Waals surface area contributed by atoms with Gasteiger partial charge in [0.1, 0.15) is 10.9 Å². The van der Waals surface area contributed by atoms with Gasteiger partial charge in [-0.05, 0) is 163 Å². The van der Waals surface area contributed by atoms with Crippen molar-refractivity contribution < 1.29 is 91.6 Å². The van der Waals surface area contributed by atoms with Gasteiger partial charge >= 0.3 is 57.8 Å². The van der Waals surface area contributed by atoms with Crippen LogP contribution in [-0.2, 0) is 27.9 Å². The SMILES string of the molecule is CC1(C)OB(B2OC(C)(C)C(C)(C)O2)OC1(C)C.COc1ccc(B(O)O)cn1.COc1ccc(B2OC(C)(C)C(C)(C)O2)cc1.COc1ccc(Br)cn1.COc1ccccn1.C[O-].Clc1ccc(Br)cn1.[Na+]. The number of benzene rings is 1. The molecule has 4 aromatic heterocycles. The van der Waals surface area contributed by atoms with E-state index in [9.17, 15) is 0 Å². The number of nitrogens with zero attached hydrogens (tertiary/aromatic N) is 4. The van der Waals surface area contributed by atoms with E-state index in [1.165, 1.54) is 19.4 Å². The Morgan fingerprint density at radius 3 is 1.19 bits per heavy atom. The molecule has 3 saturated heterocycles. The molecular formula is C49H70B4Br2ClN4NaO13. The van der Waals surface area contributed by atoms with Crippen LogP contribution in [0, 0.1) is 0 Å². The quantitative estimate of drug-likeness (QED) is 0.171. The summed E-state index contributed by atoms with van der Waals surface area (Å²) in [5.41, 5.74) is -0.657. The van der Waals surface area contributed by atoms with E-state index < -0.39 is 21.1 Å². The molecule has 8 rings (SSSR count). The van der Waals surface area contributed by atoms with E-state index in [1.54, 1.807) is 64.2 Å². The van der Waals surface area contributed by atoms with Gasteiger partial charge in [-0.15, -0.1) is 0 Å². The third kappa shape index (κ3) is 21.5. The smallest absolute Gasteiger partial charge is 0.857 e. The van der Waals surface area contributed by atoms with Crippen LogP contribution in [0.1, 0.15) is 83.1 Å². The predicted octanol–water partition coefficient (Wildman–Crippen LogP) is 4.43. The van der Waals surface area contributed by atoms with Crippen LogP contribution >= 0.6 is 43.5 Å². The molecule has 3 aliphatic heterocycles. The summed E-state index contributed by atoms with van der Waals surface area (Å²) in [4.78, 5) is 15.4. The second-order valence-corrected chi connectivity index (χ2v) is 21.0. The van der Waals surface area contributed by atoms with E-state index in [2.05, 4.69) is 79.5 Å². The number of pyridine rings is 4. The fourth-order valence-corrected chi connectivity index (χ4v) is 6.29. The normalized spacial score (nSPS) is 17.3. The summed E-state index contributed by atoms with van der Waals surface area (Å²) in [7, 11) is 4.38. The Morgan fingerprint density at radius 1 is 0.500 bits per heavy atom. The Balaban J connectivity index is 0.000000453. The van der Waals surface area contributed by atoms with Gasteiger partial charge in [0.15, 0.2) is 0 Å². The third-order valence-corrected chi connectivity index (χ3v) is 13.3. The van der Waals surface area contributed by atoms with Crippen LogP contribution in [-0.4, -0.2) is 127 Å². The van der Waals surface area contributed by atoms with E-state index in [0.29, 0.717) is 28.3 Å². The standard InChI is InChI=1S/C13H19BO3.C12H24B2O4.C6H8BNO3.C6H6BrNO.C6H7NO.C5H3BrClN.CH3O.Na/c1-12(2)13(3,4)17-14(16-12)10-6-8-11(15-5)9-7-10;1-9(2)10(3,4)16-13(15-9)14-17-11(5,6)12(7,8)18-14;1-11-6-3-2-5(4-8-6)7(9)10;1-9-6-3-2-5(7)4-8-6;1-8-6-4-2-3-5-7-6;6-4-1-2-5(7)8-3-4;1-2;/h6-9H,1-5H3;1-8H3;2-4,9-10H,1H3;2-4H,1H3;2-5H,1H3;1-3H;1H3;/q;;;;;;-1;+1. The second kappa shape index (κ2) is 31.5.